The van der Waals surface area contributed by atoms with Crippen molar-refractivity contribution in [3.63, 3.8) is 0 Å². The number of piperazine rings is 1. The molecule has 0 saturated carbocycles. The number of hydrogen-bond acceptors (Lipinski definition) is 4. The second kappa shape index (κ2) is 5.12. The summed E-state index contributed by atoms with van der Waals surface area (Å²) in [7, 11) is 0. The highest BCUT2D eigenvalue weighted by Gasteiger charge is 2.32. The van der Waals surface area contributed by atoms with Gasteiger partial charge in [-0.25, -0.2) is 0 Å². The minimum atomic E-state index is -0.538. The smallest absolute Gasteiger partial charge is 0.222 e. The number of nitrogens with one attached hydrogen (secondary N) is 1. The molecule has 0 atom stereocenters. The van der Waals surface area contributed by atoms with E-state index < -0.39 is 5.79 Å². The first kappa shape index (κ1) is 11.8. The topological polar surface area (TPSA) is 50.8 Å². The Kier molecular flexibility index (Phi) is 3.78. The van der Waals surface area contributed by atoms with Crippen molar-refractivity contribution in [1.82, 2.24) is 10.2 Å². The van der Waals surface area contributed by atoms with Gasteiger partial charge in [0.1, 0.15) is 0 Å². The highest BCUT2D eigenvalue weighted by molar-refractivity contribution is 5.76. The fourth-order valence-corrected chi connectivity index (χ4v) is 2.11. The third-order valence-corrected chi connectivity index (χ3v) is 3.16. The number of hydrogen-bond donors (Lipinski definition) is 1. The molecule has 2 saturated heterocycles. The van der Waals surface area contributed by atoms with E-state index in [0.29, 0.717) is 26.1 Å². The SMILES string of the molecule is CC1(CCC(=O)N2CCNCC2)OCCO1. The van der Waals surface area contributed by atoms with Crippen molar-refractivity contribution in [2.45, 2.75) is 25.6 Å². The number of carbonyl (C=O) groups excluding carboxylic acids is 1. The van der Waals surface area contributed by atoms with Crippen LogP contribution in [0.1, 0.15) is 19.8 Å². The molecule has 0 bridgehead atoms. The van der Waals surface area contributed by atoms with Crippen LogP contribution in [0.3, 0.4) is 0 Å². The molecule has 2 heterocycles. The van der Waals surface area contributed by atoms with Crippen molar-refractivity contribution in [1.29, 1.82) is 0 Å². The highest BCUT2D eigenvalue weighted by atomic mass is 16.7. The molecule has 2 aliphatic heterocycles. The normalized spacial score (nSPS) is 24.7. The minimum Gasteiger partial charge on any atom is -0.348 e. The fourth-order valence-electron chi connectivity index (χ4n) is 2.11. The van der Waals surface area contributed by atoms with Gasteiger partial charge in [-0.15, -0.1) is 0 Å². The van der Waals surface area contributed by atoms with Crippen LogP contribution in [-0.2, 0) is 14.3 Å². The first-order chi connectivity index (χ1) is 7.70. The van der Waals surface area contributed by atoms with Crippen LogP contribution in [0.5, 0.6) is 0 Å². The van der Waals surface area contributed by atoms with Gasteiger partial charge in [0.15, 0.2) is 5.79 Å². The molecule has 0 aromatic rings. The average molecular weight is 228 g/mol. The minimum absolute atomic E-state index is 0.210. The lowest BCUT2D eigenvalue weighted by Gasteiger charge is -2.29. The van der Waals surface area contributed by atoms with Gasteiger partial charge in [-0.3, -0.25) is 4.79 Å². The zero-order valence-corrected chi connectivity index (χ0v) is 9.83. The highest BCUT2D eigenvalue weighted by Crippen LogP contribution is 2.24. The van der Waals surface area contributed by atoms with Crippen molar-refractivity contribution >= 4 is 5.91 Å². The summed E-state index contributed by atoms with van der Waals surface area (Å²) < 4.78 is 10.9. The molecule has 16 heavy (non-hydrogen) atoms. The van der Waals surface area contributed by atoms with Crippen molar-refractivity contribution in [2.75, 3.05) is 39.4 Å². The second-order valence-electron chi connectivity index (χ2n) is 4.46. The number of carbonyl (C=O) groups is 1. The first-order valence-corrected chi connectivity index (χ1v) is 5.96. The quantitative estimate of drug-likeness (QED) is 0.736. The van der Waals surface area contributed by atoms with Crippen LogP contribution in [0, 0.1) is 0 Å². The summed E-state index contributed by atoms with van der Waals surface area (Å²) in [5.41, 5.74) is 0. The Labute approximate surface area is 96.1 Å². The van der Waals surface area contributed by atoms with Gasteiger partial charge >= 0.3 is 0 Å². The van der Waals surface area contributed by atoms with Gasteiger partial charge in [-0.05, 0) is 6.92 Å². The number of rotatable bonds is 3. The molecule has 1 amide bonds. The van der Waals surface area contributed by atoms with E-state index in [2.05, 4.69) is 5.32 Å². The Morgan fingerprint density at radius 3 is 2.56 bits per heavy atom. The number of amides is 1. The maximum atomic E-state index is 11.9. The summed E-state index contributed by atoms with van der Waals surface area (Å²) in [5.74, 6) is -0.328. The van der Waals surface area contributed by atoms with E-state index in [0.717, 1.165) is 26.2 Å². The summed E-state index contributed by atoms with van der Waals surface area (Å²) in [6, 6.07) is 0. The Balaban J connectivity index is 1.74. The molecule has 5 nitrogen and oxygen atoms in total. The van der Waals surface area contributed by atoms with Gasteiger partial charge in [-0.1, -0.05) is 0 Å². The lowest BCUT2D eigenvalue weighted by molar-refractivity contribution is -0.155. The Morgan fingerprint density at radius 1 is 1.31 bits per heavy atom. The molecule has 0 unspecified atom stereocenters. The molecule has 2 fully saturated rings. The molecule has 0 aromatic heterocycles. The maximum Gasteiger partial charge on any atom is 0.222 e. The van der Waals surface area contributed by atoms with E-state index in [1.165, 1.54) is 0 Å². The average Bonchev–Trinajstić information content (AvgIpc) is 2.75. The maximum absolute atomic E-state index is 11.9. The summed E-state index contributed by atoms with van der Waals surface area (Å²) in [6.07, 6.45) is 1.16. The Bertz CT molecular complexity index is 246. The van der Waals surface area contributed by atoms with Gasteiger partial charge in [0.25, 0.3) is 0 Å². The van der Waals surface area contributed by atoms with Crippen molar-refractivity contribution < 1.29 is 14.3 Å². The predicted molar refractivity (Wildman–Crippen MR) is 59.0 cm³/mol. The van der Waals surface area contributed by atoms with Crippen LogP contribution >= 0.6 is 0 Å². The number of nitrogens with zero attached hydrogens (tertiary/aromatic N) is 1. The predicted octanol–water partition coefficient (Wildman–Crippen LogP) is -0.0386. The Morgan fingerprint density at radius 2 is 1.94 bits per heavy atom. The zero-order chi connectivity index (χ0) is 11.4. The summed E-state index contributed by atoms with van der Waals surface area (Å²) >= 11 is 0. The van der Waals surface area contributed by atoms with Crippen LogP contribution in [0.4, 0.5) is 0 Å². The largest absolute Gasteiger partial charge is 0.348 e. The summed E-state index contributed by atoms with van der Waals surface area (Å²) in [5, 5.41) is 3.23. The Hall–Kier alpha value is -0.650. The van der Waals surface area contributed by atoms with Crippen LogP contribution in [0.2, 0.25) is 0 Å². The van der Waals surface area contributed by atoms with E-state index in [1.54, 1.807) is 0 Å². The molecule has 1 N–H and O–H groups in total. The van der Waals surface area contributed by atoms with Crippen LogP contribution in [0.25, 0.3) is 0 Å². The zero-order valence-electron chi connectivity index (χ0n) is 9.83. The number of ether oxygens (including phenoxy) is 2. The standard InChI is InChI=1S/C11H20N2O3/c1-11(15-8-9-16-11)3-2-10(14)13-6-4-12-5-7-13/h12H,2-9H2,1H3. The van der Waals surface area contributed by atoms with Gasteiger partial charge in [0, 0.05) is 39.0 Å². The molecule has 92 valence electrons. The van der Waals surface area contributed by atoms with Crippen molar-refractivity contribution in [3.8, 4) is 0 Å². The van der Waals surface area contributed by atoms with E-state index >= 15 is 0 Å². The van der Waals surface area contributed by atoms with Gasteiger partial charge < -0.3 is 19.7 Å². The molecule has 0 aromatic carbocycles. The third-order valence-electron chi connectivity index (χ3n) is 3.16. The second-order valence-corrected chi connectivity index (χ2v) is 4.46. The fraction of sp³-hybridized carbons (Fsp3) is 0.909. The lowest BCUT2D eigenvalue weighted by atomic mass is 10.1. The summed E-state index contributed by atoms with van der Waals surface area (Å²) in [6.45, 7) is 6.61. The van der Waals surface area contributed by atoms with E-state index in [-0.39, 0.29) is 5.91 Å². The first-order valence-electron chi connectivity index (χ1n) is 5.96. The van der Waals surface area contributed by atoms with Crippen LogP contribution in [0.15, 0.2) is 0 Å². The third kappa shape index (κ3) is 2.93. The van der Waals surface area contributed by atoms with Gasteiger partial charge in [-0.2, -0.15) is 0 Å². The van der Waals surface area contributed by atoms with E-state index in [9.17, 15) is 4.79 Å². The van der Waals surface area contributed by atoms with Crippen molar-refractivity contribution in [2.24, 2.45) is 0 Å². The van der Waals surface area contributed by atoms with Crippen LogP contribution in [-0.4, -0.2) is 56.0 Å². The van der Waals surface area contributed by atoms with E-state index in [4.69, 9.17) is 9.47 Å². The van der Waals surface area contributed by atoms with Gasteiger partial charge in [0.2, 0.25) is 5.91 Å². The van der Waals surface area contributed by atoms with Gasteiger partial charge in [0.05, 0.1) is 13.2 Å². The lowest BCUT2D eigenvalue weighted by Crippen LogP contribution is -2.46. The van der Waals surface area contributed by atoms with E-state index in [1.807, 2.05) is 11.8 Å². The molecular weight excluding hydrogens is 208 g/mol. The molecule has 2 aliphatic rings. The molecule has 2 rings (SSSR count). The molecular formula is C11H20N2O3. The van der Waals surface area contributed by atoms with Crippen molar-refractivity contribution in [3.05, 3.63) is 0 Å². The molecule has 0 spiro atoms. The molecule has 5 heteroatoms. The molecule has 0 aliphatic carbocycles. The van der Waals surface area contributed by atoms with Crippen LogP contribution < -0.4 is 5.32 Å². The summed E-state index contributed by atoms with van der Waals surface area (Å²) in [4.78, 5) is 13.8. The molecule has 0 radical (unpaired) electrons. The monoisotopic (exact) mass is 228 g/mol.